The van der Waals surface area contributed by atoms with Gasteiger partial charge in [0.25, 0.3) is 0 Å². The third-order valence-corrected chi connectivity index (χ3v) is 3.68. The molecule has 104 valence electrons. The smallest absolute Gasteiger partial charge is 0.119 e. The lowest BCUT2D eigenvalue weighted by molar-refractivity contribution is 0.368. The molecule has 1 N–H and O–H groups in total. The Balaban J connectivity index is 2.13. The number of nitrogens with zero attached hydrogens (tertiary/aromatic N) is 4. The fourth-order valence-electron chi connectivity index (χ4n) is 2.58. The first-order valence-electron chi connectivity index (χ1n) is 6.56. The van der Waals surface area contributed by atoms with E-state index in [0.29, 0.717) is 19.5 Å². The number of hydrogen-bond acceptors (Lipinski definition) is 4. The maximum atomic E-state index is 9.50. The second kappa shape index (κ2) is 6.29. The molecule has 20 heavy (non-hydrogen) atoms. The number of rotatable bonds is 5. The largest absolute Gasteiger partial charge is 0.497 e. The van der Waals surface area contributed by atoms with Crippen LogP contribution in [0.1, 0.15) is 17.5 Å². The van der Waals surface area contributed by atoms with Crippen LogP contribution < -0.4 is 10.1 Å². The van der Waals surface area contributed by atoms with Crippen molar-refractivity contribution in [2.24, 2.45) is 5.11 Å². The first kappa shape index (κ1) is 14.2. The zero-order valence-corrected chi connectivity index (χ0v) is 11.5. The molecular formula is C14H17N5O. The lowest BCUT2D eigenvalue weighted by Crippen LogP contribution is -2.49. The van der Waals surface area contributed by atoms with Gasteiger partial charge in [-0.3, -0.25) is 5.32 Å². The summed E-state index contributed by atoms with van der Waals surface area (Å²) in [6.07, 6.45) is 2.27. The molecule has 0 saturated heterocycles. The SMILES string of the molecule is COc1ccc2c(c1)CC(C#N)(NCCN=[N+]=[N-])CC2. The number of nitriles is 1. The van der Waals surface area contributed by atoms with Crippen molar-refractivity contribution >= 4 is 0 Å². The van der Waals surface area contributed by atoms with Crippen molar-refractivity contribution < 1.29 is 4.74 Å². The zero-order chi connectivity index (χ0) is 14.4. The van der Waals surface area contributed by atoms with Gasteiger partial charge < -0.3 is 4.74 Å². The van der Waals surface area contributed by atoms with Crippen molar-refractivity contribution in [3.05, 3.63) is 39.8 Å². The van der Waals surface area contributed by atoms with Crippen LogP contribution in [0.15, 0.2) is 23.3 Å². The summed E-state index contributed by atoms with van der Waals surface area (Å²) in [5.41, 5.74) is 10.1. The average molecular weight is 271 g/mol. The van der Waals surface area contributed by atoms with Gasteiger partial charge in [-0.1, -0.05) is 11.2 Å². The molecule has 0 spiro atoms. The predicted molar refractivity (Wildman–Crippen MR) is 75.4 cm³/mol. The zero-order valence-electron chi connectivity index (χ0n) is 11.5. The van der Waals surface area contributed by atoms with Crippen LogP contribution in [0, 0.1) is 11.3 Å². The number of benzene rings is 1. The molecule has 0 saturated carbocycles. The summed E-state index contributed by atoms with van der Waals surface area (Å²) in [5.74, 6) is 0.812. The van der Waals surface area contributed by atoms with Crippen molar-refractivity contribution in [1.82, 2.24) is 5.32 Å². The number of methoxy groups -OCH3 is 1. The van der Waals surface area contributed by atoms with E-state index in [1.165, 1.54) is 5.56 Å². The summed E-state index contributed by atoms with van der Waals surface area (Å²) in [5, 5.41) is 16.2. The highest BCUT2D eigenvalue weighted by molar-refractivity contribution is 5.40. The maximum absolute atomic E-state index is 9.50. The van der Waals surface area contributed by atoms with Gasteiger partial charge in [0.15, 0.2) is 0 Å². The van der Waals surface area contributed by atoms with E-state index in [4.69, 9.17) is 10.3 Å². The van der Waals surface area contributed by atoms with Crippen LogP contribution >= 0.6 is 0 Å². The number of fused-ring (bicyclic) bond motifs is 1. The number of azide groups is 1. The summed E-state index contributed by atoms with van der Waals surface area (Å²) in [6.45, 7) is 0.863. The highest BCUT2D eigenvalue weighted by Gasteiger charge is 2.34. The van der Waals surface area contributed by atoms with E-state index in [2.05, 4.69) is 27.5 Å². The van der Waals surface area contributed by atoms with Gasteiger partial charge in [-0.05, 0) is 41.6 Å². The van der Waals surface area contributed by atoms with Crippen LogP contribution in [-0.2, 0) is 12.8 Å². The summed E-state index contributed by atoms with van der Waals surface area (Å²) < 4.78 is 5.24. The standard InChI is InChI=1S/C14H17N5O/c1-20-13-3-2-11-4-5-14(10-15,9-12(11)8-13)17-6-7-18-19-16/h2-3,8,17H,4-7,9H2,1H3. The average Bonchev–Trinajstić information content (AvgIpc) is 2.50. The van der Waals surface area contributed by atoms with Crippen molar-refractivity contribution in [3.8, 4) is 11.8 Å². The van der Waals surface area contributed by atoms with E-state index in [0.717, 1.165) is 24.2 Å². The second-order valence-corrected chi connectivity index (χ2v) is 4.89. The molecule has 1 unspecified atom stereocenters. The van der Waals surface area contributed by atoms with Gasteiger partial charge in [0.05, 0.1) is 13.2 Å². The topological polar surface area (TPSA) is 93.8 Å². The molecule has 6 nitrogen and oxygen atoms in total. The molecule has 1 aromatic carbocycles. The highest BCUT2D eigenvalue weighted by atomic mass is 16.5. The highest BCUT2D eigenvalue weighted by Crippen LogP contribution is 2.30. The minimum absolute atomic E-state index is 0.352. The molecule has 0 bridgehead atoms. The summed E-state index contributed by atoms with van der Waals surface area (Å²) >= 11 is 0. The van der Waals surface area contributed by atoms with Gasteiger partial charge >= 0.3 is 0 Å². The fourth-order valence-corrected chi connectivity index (χ4v) is 2.58. The van der Waals surface area contributed by atoms with Crippen molar-refractivity contribution in [1.29, 1.82) is 5.26 Å². The quantitative estimate of drug-likeness (QED) is 0.385. The minimum atomic E-state index is -0.579. The van der Waals surface area contributed by atoms with Gasteiger partial charge in [-0.2, -0.15) is 5.26 Å². The molecule has 1 atom stereocenters. The number of nitrogens with one attached hydrogen (secondary N) is 1. The molecule has 0 aliphatic heterocycles. The Labute approximate surface area is 118 Å². The van der Waals surface area contributed by atoms with E-state index in [9.17, 15) is 5.26 Å². The molecule has 0 fully saturated rings. The Hall–Kier alpha value is -2.22. The van der Waals surface area contributed by atoms with Gasteiger partial charge in [0, 0.05) is 24.4 Å². The van der Waals surface area contributed by atoms with Crippen molar-refractivity contribution in [2.75, 3.05) is 20.2 Å². The molecule has 0 amide bonds. The first-order valence-corrected chi connectivity index (χ1v) is 6.56. The molecule has 0 heterocycles. The minimum Gasteiger partial charge on any atom is -0.497 e. The first-order chi connectivity index (χ1) is 9.73. The lowest BCUT2D eigenvalue weighted by atomic mass is 9.78. The lowest BCUT2D eigenvalue weighted by Gasteiger charge is -2.33. The fraction of sp³-hybridized carbons (Fsp3) is 0.500. The number of ether oxygens (including phenoxy) is 1. The van der Waals surface area contributed by atoms with Crippen LogP contribution in [0.3, 0.4) is 0 Å². The maximum Gasteiger partial charge on any atom is 0.119 e. The Morgan fingerprint density at radius 2 is 2.40 bits per heavy atom. The van der Waals surface area contributed by atoms with E-state index in [1.54, 1.807) is 7.11 Å². The summed E-state index contributed by atoms with van der Waals surface area (Å²) in [7, 11) is 1.64. The van der Waals surface area contributed by atoms with Gasteiger partial charge in [-0.25, -0.2) is 0 Å². The van der Waals surface area contributed by atoms with E-state index in [1.807, 2.05) is 12.1 Å². The third-order valence-electron chi connectivity index (χ3n) is 3.68. The van der Waals surface area contributed by atoms with Crippen molar-refractivity contribution in [3.63, 3.8) is 0 Å². The van der Waals surface area contributed by atoms with Gasteiger partial charge in [0.2, 0.25) is 0 Å². The van der Waals surface area contributed by atoms with Crippen LogP contribution in [0.5, 0.6) is 5.75 Å². The van der Waals surface area contributed by atoms with E-state index < -0.39 is 5.54 Å². The molecule has 1 aliphatic rings. The normalized spacial score (nSPS) is 20.4. The summed E-state index contributed by atoms with van der Waals surface area (Å²) in [4.78, 5) is 2.71. The Kier molecular flexibility index (Phi) is 4.46. The van der Waals surface area contributed by atoms with Gasteiger partial charge in [0.1, 0.15) is 11.3 Å². The molecule has 6 heteroatoms. The van der Waals surface area contributed by atoms with E-state index in [-0.39, 0.29) is 0 Å². The van der Waals surface area contributed by atoms with Crippen LogP contribution in [0.4, 0.5) is 0 Å². The second-order valence-electron chi connectivity index (χ2n) is 4.89. The number of aryl methyl sites for hydroxylation is 1. The molecule has 1 aliphatic carbocycles. The van der Waals surface area contributed by atoms with Crippen LogP contribution in [0.25, 0.3) is 10.4 Å². The third kappa shape index (κ3) is 3.02. The summed E-state index contributed by atoms with van der Waals surface area (Å²) in [6, 6.07) is 8.40. The Bertz CT molecular complexity index is 573. The molecular weight excluding hydrogens is 254 g/mol. The predicted octanol–water partition coefficient (Wildman–Crippen LogP) is 2.35. The molecule has 1 aromatic rings. The van der Waals surface area contributed by atoms with Crippen LogP contribution in [-0.4, -0.2) is 25.7 Å². The molecule has 2 rings (SSSR count). The molecule has 0 radical (unpaired) electrons. The van der Waals surface area contributed by atoms with Gasteiger partial charge in [-0.15, -0.1) is 0 Å². The van der Waals surface area contributed by atoms with E-state index >= 15 is 0 Å². The van der Waals surface area contributed by atoms with Crippen LogP contribution in [0.2, 0.25) is 0 Å². The number of hydrogen-bond donors (Lipinski definition) is 1. The molecule has 0 aromatic heterocycles. The van der Waals surface area contributed by atoms with Crippen molar-refractivity contribution in [2.45, 2.75) is 24.8 Å². The Morgan fingerprint density at radius 3 is 3.10 bits per heavy atom. The monoisotopic (exact) mass is 271 g/mol. The Morgan fingerprint density at radius 1 is 1.55 bits per heavy atom.